The zero-order valence-corrected chi connectivity index (χ0v) is 13.5. The maximum atomic E-state index is 12.7. The van der Waals surface area contributed by atoms with Crippen LogP contribution in [0.2, 0.25) is 0 Å². The van der Waals surface area contributed by atoms with Crippen LogP contribution in [0.3, 0.4) is 0 Å². The maximum Gasteiger partial charge on any atom is 0.329 e. The molecule has 0 radical (unpaired) electrons. The van der Waals surface area contributed by atoms with Crippen LogP contribution in [-0.2, 0) is 25.5 Å². The number of ether oxygens (including phenoxy) is 1. The van der Waals surface area contributed by atoms with Crippen molar-refractivity contribution in [2.75, 3.05) is 18.1 Å². The van der Waals surface area contributed by atoms with Gasteiger partial charge in [-0.2, -0.15) is 0 Å². The molecule has 1 N–H and O–H groups in total. The number of anilines is 1. The number of para-hydroxylation sites is 1. The van der Waals surface area contributed by atoms with Crippen LogP contribution in [0, 0.1) is 5.41 Å². The van der Waals surface area contributed by atoms with Crippen molar-refractivity contribution in [2.24, 2.45) is 5.41 Å². The molecule has 6 nitrogen and oxygen atoms in total. The Morgan fingerprint density at radius 1 is 1.30 bits per heavy atom. The van der Waals surface area contributed by atoms with E-state index in [0.717, 1.165) is 5.56 Å². The minimum absolute atomic E-state index is 0.198. The van der Waals surface area contributed by atoms with Crippen molar-refractivity contribution in [1.82, 2.24) is 0 Å². The third-order valence-corrected chi connectivity index (χ3v) is 3.96. The van der Waals surface area contributed by atoms with Gasteiger partial charge in [-0.1, -0.05) is 32.0 Å². The molecule has 0 saturated carbocycles. The molecule has 1 amide bonds. The minimum atomic E-state index is -1.20. The first-order chi connectivity index (χ1) is 10.8. The number of rotatable bonds is 5. The molecular formula is C17H21NO5. The van der Waals surface area contributed by atoms with E-state index in [4.69, 9.17) is 4.74 Å². The molecule has 1 aliphatic rings. The number of benzene rings is 1. The van der Waals surface area contributed by atoms with Crippen molar-refractivity contribution in [2.45, 2.75) is 33.2 Å². The first-order valence-corrected chi connectivity index (χ1v) is 7.57. The van der Waals surface area contributed by atoms with Crippen LogP contribution in [0.1, 0.15) is 26.3 Å². The Balaban J connectivity index is 2.40. The Kier molecular flexibility index (Phi) is 4.85. The van der Waals surface area contributed by atoms with Gasteiger partial charge in [-0.25, -0.2) is 4.79 Å². The number of hydrogen-bond donors (Lipinski definition) is 1. The Bertz CT molecular complexity index is 638. The van der Waals surface area contributed by atoms with E-state index in [0.29, 0.717) is 12.1 Å². The zero-order chi connectivity index (χ0) is 17.2. The van der Waals surface area contributed by atoms with Crippen LogP contribution < -0.4 is 4.90 Å². The van der Waals surface area contributed by atoms with Gasteiger partial charge in [0.25, 0.3) is 5.91 Å². The molecule has 1 aliphatic heterocycles. The molecule has 0 spiro atoms. The second-order valence-corrected chi connectivity index (χ2v) is 6.15. The van der Waals surface area contributed by atoms with E-state index in [-0.39, 0.29) is 6.61 Å². The average molecular weight is 319 g/mol. The lowest BCUT2D eigenvalue weighted by atomic mass is 9.88. The molecule has 0 fully saturated rings. The van der Waals surface area contributed by atoms with E-state index in [1.54, 1.807) is 19.1 Å². The molecule has 0 saturated heterocycles. The predicted octanol–water partition coefficient (Wildman–Crippen LogP) is 1.09. The second-order valence-electron chi connectivity index (χ2n) is 6.15. The lowest BCUT2D eigenvalue weighted by Gasteiger charge is -2.27. The van der Waals surface area contributed by atoms with Gasteiger partial charge < -0.3 is 9.84 Å². The standard InChI is InChI=1S/C17H21NO5/c1-4-23-16(22)13-9-11-7-5-6-8-12(11)18(13)15(21)14(20)17(2,3)10-19/h5-8,13,19H,4,9-10H2,1-3H3/t13-/m0/s1. The highest BCUT2D eigenvalue weighted by Crippen LogP contribution is 2.34. The topological polar surface area (TPSA) is 83.9 Å². The molecule has 23 heavy (non-hydrogen) atoms. The van der Waals surface area contributed by atoms with Crippen LogP contribution in [-0.4, -0.2) is 42.0 Å². The van der Waals surface area contributed by atoms with Gasteiger partial charge in [0.15, 0.2) is 0 Å². The maximum absolute atomic E-state index is 12.7. The third kappa shape index (κ3) is 3.12. The summed E-state index contributed by atoms with van der Waals surface area (Å²) in [5.74, 6) is -2.07. The number of amides is 1. The summed E-state index contributed by atoms with van der Waals surface area (Å²) in [7, 11) is 0. The average Bonchev–Trinajstić information content (AvgIpc) is 2.93. The number of ketones is 1. The summed E-state index contributed by atoms with van der Waals surface area (Å²) in [4.78, 5) is 38.5. The summed E-state index contributed by atoms with van der Waals surface area (Å²) in [6.45, 7) is 4.43. The summed E-state index contributed by atoms with van der Waals surface area (Å²) >= 11 is 0. The molecule has 1 atom stereocenters. The molecule has 0 unspecified atom stereocenters. The van der Waals surface area contributed by atoms with Gasteiger partial charge in [-0.15, -0.1) is 0 Å². The first kappa shape index (κ1) is 17.1. The fourth-order valence-corrected chi connectivity index (χ4v) is 2.53. The lowest BCUT2D eigenvalue weighted by Crippen LogP contribution is -2.50. The molecule has 1 aromatic carbocycles. The monoisotopic (exact) mass is 319 g/mol. The summed E-state index contributed by atoms with van der Waals surface area (Å²) in [6, 6.07) is 6.23. The predicted molar refractivity (Wildman–Crippen MR) is 83.9 cm³/mol. The highest BCUT2D eigenvalue weighted by atomic mass is 16.5. The van der Waals surface area contributed by atoms with Crippen LogP contribution >= 0.6 is 0 Å². The Labute approximate surface area is 135 Å². The van der Waals surface area contributed by atoms with E-state index < -0.39 is 35.7 Å². The largest absolute Gasteiger partial charge is 0.464 e. The van der Waals surface area contributed by atoms with Gasteiger partial charge in [0.1, 0.15) is 6.04 Å². The number of carbonyl (C=O) groups excluding carboxylic acids is 3. The first-order valence-electron chi connectivity index (χ1n) is 7.57. The van der Waals surface area contributed by atoms with Gasteiger partial charge in [0.05, 0.1) is 18.6 Å². The van der Waals surface area contributed by atoms with Crippen molar-refractivity contribution < 1.29 is 24.2 Å². The van der Waals surface area contributed by atoms with Gasteiger partial charge >= 0.3 is 5.97 Å². The smallest absolute Gasteiger partial charge is 0.329 e. The molecule has 0 bridgehead atoms. The number of carbonyl (C=O) groups is 3. The number of nitrogens with zero attached hydrogens (tertiary/aromatic N) is 1. The van der Waals surface area contributed by atoms with E-state index in [2.05, 4.69) is 0 Å². The molecule has 1 aromatic rings. The highest BCUT2D eigenvalue weighted by molar-refractivity contribution is 6.43. The quantitative estimate of drug-likeness (QED) is 0.649. The highest BCUT2D eigenvalue weighted by Gasteiger charge is 2.44. The molecule has 2 rings (SSSR count). The van der Waals surface area contributed by atoms with E-state index >= 15 is 0 Å². The summed E-state index contributed by atoms with van der Waals surface area (Å²) < 4.78 is 5.04. The molecule has 0 aliphatic carbocycles. The fourth-order valence-electron chi connectivity index (χ4n) is 2.53. The molecule has 6 heteroatoms. The number of Topliss-reactive ketones (excluding diaryl/α,β-unsaturated/α-hetero) is 1. The van der Waals surface area contributed by atoms with Crippen LogP contribution in [0.15, 0.2) is 24.3 Å². The SMILES string of the molecule is CCOC(=O)[C@@H]1Cc2ccccc2N1C(=O)C(=O)C(C)(C)CO. The molecule has 1 heterocycles. The summed E-state index contributed by atoms with van der Waals surface area (Å²) in [5.41, 5.74) is 0.152. The fraction of sp³-hybridized carbons (Fsp3) is 0.471. The Morgan fingerprint density at radius 2 is 1.96 bits per heavy atom. The number of hydrogen-bond acceptors (Lipinski definition) is 5. The van der Waals surface area contributed by atoms with E-state index in [1.165, 1.54) is 18.7 Å². The van der Waals surface area contributed by atoms with Gasteiger partial charge in [-0.05, 0) is 18.6 Å². The van der Waals surface area contributed by atoms with Crippen molar-refractivity contribution in [3.05, 3.63) is 29.8 Å². The van der Waals surface area contributed by atoms with Gasteiger partial charge in [0.2, 0.25) is 5.78 Å². The van der Waals surface area contributed by atoms with Crippen LogP contribution in [0.25, 0.3) is 0 Å². The van der Waals surface area contributed by atoms with Crippen LogP contribution in [0.5, 0.6) is 0 Å². The number of esters is 1. The Morgan fingerprint density at radius 3 is 2.57 bits per heavy atom. The minimum Gasteiger partial charge on any atom is -0.464 e. The van der Waals surface area contributed by atoms with E-state index in [9.17, 15) is 19.5 Å². The van der Waals surface area contributed by atoms with Crippen molar-refractivity contribution >= 4 is 23.3 Å². The van der Waals surface area contributed by atoms with E-state index in [1.807, 2.05) is 12.1 Å². The number of fused-ring (bicyclic) bond motifs is 1. The molecule has 0 aromatic heterocycles. The van der Waals surface area contributed by atoms with Gasteiger partial charge in [0, 0.05) is 12.1 Å². The van der Waals surface area contributed by atoms with Crippen molar-refractivity contribution in [1.29, 1.82) is 0 Å². The lowest BCUT2D eigenvalue weighted by molar-refractivity contribution is -0.147. The van der Waals surface area contributed by atoms with Crippen LogP contribution in [0.4, 0.5) is 5.69 Å². The van der Waals surface area contributed by atoms with Gasteiger partial charge in [-0.3, -0.25) is 14.5 Å². The Hall–Kier alpha value is -2.21. The summed E-state index contributed by atoms with van der Waals surface area (Å²) in [6.07, 6.45) is 0.313. The normalized spacial score (nSPS) is 16.9. The molecular weight excluding hydrogens is 298 g/mol. The van der Waals surface area contributed by atoms with Crippen molar-refractivity contribution in [3.63, 3.8) is 0 Å². The summed E-state index contributed by atoms with van der Waals surface area (Å²) in [5, 5.41) is 9.33. The second kappa shape index (κ2) is 6.50. The third-order valence-electron chi connectivity index (χ3n) is 3.96. The number of aliphatic hydroxyl groups is 1. The number of aliphatic hydroxyl groups excluding tert-OH is 1. The molecule has 124 valence electrons. The zero-order valence-electron chi connectivity index (χ0n) is 13.5. The van der Waals surface area contributed by atoms with Crippen molar-refractivity contribution in [3.8, 4) is 0 Å².